The van der Waals surface area contributed by atoms with E-state index in [1.54, 1.807) is 0 Å². The fourth-order valence-corrected chi connectivity index (χ4v) is 1.49. The van der Waals surface area contributed by atoms with Gasteiger partial charge in [0.1, 0.15) is 6.10 Å². The van der Waals surface area contributed by atoms with Crippen LogP contribution in [0.5, 0.6) is 5.75 Å². The molecule has 0 aliphatic carbocycles. The van der Waals surface area contributed by atoms with Crippen LogP contribution in [0.4, 0.5) is 22.0 Å². The number of benzene rings is 1. The molecule has 1 aliphatic heterocycles. The van der Waals surface area contributed by atoms with Gasteiger partial charge in [-0.25, -0.2) is 13.2 Å². The van der Waals surface area contributed by atoms with Crippen LogP contribution in [-0.4, -0.2) is 30.5 Å². The Bertz CT molecular complexity index is 473. The third-order valence-corrected chi connectivity index (χ3v) is 2.48. The molecule has 0 radical (unpaired) electrons. The Balaban J connectivity index is 2.26. The molecule has 0 atom stereocenters. The van der Waals surface area contributed by atoms with E-state index in [9.17, 15) is 26.7 Å². The quantitative estimate of drug-likeness (QED) is 0.360. The lowest BCUT2D eigenvalue weighted by molar-refractivity contribution is -0.126. The van der Waals surface area contributed by atoms with Crippen LogP contribution in [0.15, 0.2) is 0 Å². The van der Waals surface area contributed by atoms with Gasteiger partial charge in [-0.3, -0.25) is 4.79 Å². The summed E-state index contributed by atoms with van der Waals surface area (Å²) >= 11 is 0. The summed E-state index contributed by atoms with van der Waals surface area (Å²) < 4.78 is 69.3. The summed E-state index contributed by atoms with van der Waals surface area (Å²) in [6.45, 7) is 0.0615. The van der Waals surface area contributed by atoms with Crippen LogP contribution in [0, 0.1) is 29.1 Å². The Hall–Kier alpha value is -1.86. The summed E-state index contributed by atoms with van der Waals surface area (Å²) in [6.07, 6.45) is -0.304. The van der Waals surface area contributed by atoms with E-state index >= 15 is 0 Å². The van der Waals surface area contributed by atoms with Crippen LogP contribution >= 0.6 is 0 Å². The molecule has 0 N–H and O–H groups in total. The molecule has 3 nitrogen and oxygen atoms in total. The number of nitrogens with zero attached hydrogens (tertiary/aromatic N) is 1. The zero-order chi connectivity index (χ0) is 13.4. The Morgan fingerprint density at radius 2 is 1.39 bits per heavy atom. The molecule has 8 heteroatoms. The maximum Gasteiger partial charge on any atom is 0.209 e. The van der Waals surface area contributed by atoms with Gasteiger partial charge in [0.15, 0.2) is 5.75 Å². The summed E-state index contributed by atoms with van der Waals surface area (Å²) in [5.41, 5.74) is 0. The molecule has 1 heterocycles. The SMILES string of the molecule is O=CN1CC(Oc2c(F)c(F)c(F)c(F)c2F)C1. The predicted molar refractivity (Wildman–Crippen MR) is 48.3 cm³/mol. The molecule has 18 heavy (non-hydrogen) atoms. The maximum absolute atomic E-state index is 13.2. The molecule has 2 rings (SSSR count). The van der Waals surface area contributed by atoms with Gasteiger partial charge < -0.3 is 9.64 Å². The summed E-state index contributed by atoms with van der Waals surface area (Å²) in [7, 11) is 0. The molecule has 98 valence electrons. The third kappa shape index (κ3) is 1.87. The number of ether oxygens (including phenoxy) is 1. The second-order valence-corrected chi connectivity index (χ2v) is 3.70. The fraction of sp³-hybridized carbons (Fsp3) is 0.300. The first kappa shape index (κ1) is 12.6. The van der Waals surface area contributed by atoms with Crippen molar-refractivity contribution in [3.05, 3.63) is 29.1 Å². The number of likely N-dealkylation sites (tertiary alicyclic amines) is 1. The summed E-state index contributed by atoms with van der Waals surface area (Å²) in [4.78, 5) is 11.4. The van der Waals surface area contributed by atoms with Gasteiger partial charge in [-0.05, 0) is 0 Å². The minimum Gasteiger partial charge on any atom is -0.480 e. The number of amides is 1. The number of halogens is 5. The maximum atomic E-state index is 13.2. The zero-order valence-corrected chi connectivity index (χ0v) is 8.72. The average molecular weight is 267 g/mol. The van der Waals surface area contributed by atoms with Crippen molar-refractivity contribution in [1.29, 1.82) is 0 Å². The third-order valence-electron chi connectivity index (χ3n) is 2.48. The van der Waals surface area contributed by atoms with E-state index in [0.717, 1.165) is 0 Å². The highest BCUT2D eigenvalue weighted by molar-refractivity contribution is 5.49. The van der Waals surface area contributed by atoms with E-state index in [1.165, 1.54) is 4.90 Å². The normalized spacial score (nSPS) is 15.5. The number of carbonyl (C=O) groups is 1. The van der Waals surface area contributed by atoms with Crippen molar-refractivity contribution in [2.24, 2.45) is 0 Å². The van der Waals surface area contributed by atoms with Crippen molar-refractivity contribution in [3.63, 3.8) is 0 Å². The van der Waals surface area contributed by atoms with Crippen LogP contribution in [0.3, 0.4) is 0 Å². The van der Waals surface area contributed by atoms with Crippen LogP contribution < -0.4 is 4.74 Å². The lowest BCUT2D eigenvalue weighted by atomic mass is 10.2. The van der Waals surface area contributed by atoms with Gasteiger partial charge in [-0.15, -0.1) is 0 Å². The average Bonchev–Trinajstić information content (AvgIpc) is 2.32. The molecular formula is C10H6F5NO2. The van der Waals surface area contributed by atoms with Crippen molar-refractivity contribution < 1.29 is 31.5 Å². The fourth-order valence-electron chi connectivity index (χ4n) is 1.49. The van der Waals surface area contributed by atoms with Crippen molar-refractivity contribution in [2.45, 2.75) is 6.10 Å². The second-order valence-electron chi connectivity index (χ2n) is 3.70. The van der Waals surface area contributed by atoms with E-state index in [-0.39, 0.29) is 13.1 Å². The van der Waals surface area contributed by atoms with E-state index in [2.05, 4.69) is 4.74 Å². The molecule has 0 bridgehead atoms. The lowest BCUT2D eigenvalue weighted by Gasteiger charge is -2.36. The molecular weight excluding hydrogens is 261 g/mol. The smallest absolute Gasteiger partial charge is 0.209 e. The zero-order valence-electron chi connectivity index (χ0n) is 8.72. The molecule has 0 spiro atoms. The Morgan fingerprint density at radius 3 is 1.83 bits per heavy atom. The second kappa shape index (κ2) is 4.43. The molecule has 1 fully saturated rings. The Kier molecular flexibility index (Phi) is 3.10. The lowest BCUT2D eigenvalue weighted by Crippen LogP contribution is -2.53. The van der Waals surface area contributed by atoms with Gasteiger partial charge in [0.25, 0.3) is 0 Å². The Morgan fingerprint density at radius 1 is 0.944 bits per heavy atom. The topological polar surface area (TPSA) is 29.5 Å². The summed E-state index contributed by atoms with van der Waals surface area (Å²) in [5.74, 6) is -11.7. The monoisotopic (exact) mass is 267 g/mol. The van der Waals surface area contributed by atoms with Gasteiger partial charge in [-0.2, -0.15) is 8.78 Å². The molecule has 1 saturated heterocycles. The van der Waals surface area contributed by atoms with Gasteiger partial charge >= 0.3 is 0 Å². The van der Waals surface area contributed by atoms with Gasteiger partial charge in [0.05, 0.1) is 13.1 Å². The van der Waals surface area contributed by atoms with Crippen molar-refractivity contribution in [2.75, 3.05) is 13.1 Å². The molecule has 1 aliphatic rings. The summed E-state index contributed by atoms with van der Waals surface area (Å²) in [6, 6.07) is 0. The van der Waals surface area contributed by atoms with Gasteiger partial charge in [-0.1, -0.05) is 0 Å². The van der Waals surface area contributed by atoms with Crippen LogP contribution in [0.2, 0.25) is 0 Å². The Labute approximate surface area is 97.7 Å². The summed E-state index contributed by atoms with van der Waals surface area (Å²) in [5, 5.41) is 0. The van der Waals surface area contributed by atoms with E-state index in [1.807, 2.05) is 0 Å². The van der Waals surface area contributed by atoms with Crippen LogP contribution in [0.25, 0.3) is 0 Å². The van der Waals surface area contributed by atoms with E-state index in [4.69, 9.17) is 0 Å². The van der Waals surface area contributed by atoms with Crippen molar-refractivity contribution in [1.82, 2.24) is 4.90 Å². The molecule has 0 aromatic heterocycles. The first-order chi connectivity index (χ1) is 8.45. The van der Waals surface area contributed by atoms with Crippen LogP contribution in [-0.2, 0) is 4.79 Å². The molecule has 1 amide bonds. The first-order valence-electron chi connectivity index (χ1n) is 4.83. The van der Waals surface area contributed by atoms with Gasteiger partial charge in [0, 0.05) is 0 Å². The standard InChI is InChI=1S/C10H6F5NO2/c11-5-6(12)8(14)10(9(15)7(5)13)18-4-1-16(2-4)3-17/h3-4H,1-2H2. The van der Waals surface area contributed by atoms with E-state index in [0.29, 0.717) is 6.41 Å². The number of carbonyl (C=O) groups excluding carboxylic acids is 1. The highest BCUT2D eigenvalue weighted by Crippen LogP contribution is 2.30. The number of rotatable bonds is 3. The molecule has 1 aromatic rings. The number of hydrogen-bond donors (Lipinski definition) is 0. The molecule has 0 saturated carbocycles. The van der Waals surface area contributed by atoms with E-state index < -0.39 is 40.9 Å². The van der Waals surface area contributed by atoms with Crippen LogP contribution in [0.1, 0.15) is 0 Å². The largest absolute Gasteiger partial charge is 0.480 e. The highest BCUT2D eigenvalue weighted by atomic mass is 19.2. The van der Waals surface area contributed by atoms with Crippen molar-refractivity contribution >= 4 is 6.41 Å². The molecule has 1 aromatic carbocycles. The highest BCUT2D eigenvalue weighted by Gasteiger charge is 2.33. The number of hydrogen-bond acceptors (Lipinski definition) is 2. The first-order valence-corrected chi connectivity index (χ1v) is 4.83. The predicted octanol–water partition coefficient (Wildman–Crippen LogP) is 1.60. The minimum atomic E-state index is -2.24. The molecule has 0 unspecified atom stereocenters. The van der Waals surface area contributed by atoms with Crippen molar-refractivity contribution in [3.8, 4) is 5.75 Å². The van der Waals surface area contributed by atoms with Gasteiger partial charge in [0.2, 0.25) is 35.5 Å². The minimum absolute atomic E-state index is 0.0307.